The minimum absolute atomic E-state index is 0.0287. The lowest BCUT2D eigenvalue weighted by Crippen LogP contribution is -2.37. The van der Waals surface area contributed by atoms with Crippen molar-refractivity contribution in [2.75, 3.05) is 31.9 Å². The molecule has 0 aromatic heterocycles. The Bertz CT molecular complexity index is 469. The molecule has 7 nitrogen and oxygen atoms in total. The highest BCUT2D eigenvalue weighted by Gasteiger charge is 2.35. The number of carboxylic acids is 1. The number of hydrogen-bond donors (Lipinski definition) is 1. The molecular weight excluding hydrogens is 272 g/mol. The van der Waals surface area contributed by atoms with E-state index in [9.17, 15) is 18.0 Å². The number of amides is 1. The molecule has 1 N–H and O–H groups in total. The number of aliphatic carboxylic acids is 1. The van der Waals surface area contributed by atoms with Crippen LogP contribution in [0.5, 0.6) is 0 Å². The van der Waals surface area contributed by atoms with Crippen molar-refractivity contribution in [1.82, 2.24) is 9.21 Å². The zero-order valence-corrected chi connectivity index (χ0v) is 11.4. The molecule has 1 atom stereocenters. The van der Waals surface area contributed by atoms with Gasteiger partial charge in [0, 0.05) is 32.6 Å². The van der Waals surface area contributed by atoms with Crippen LogP contribution in [0.15, 0.2) is 0 Å². The highest BCUT2D eigenvalue weighted by atomic mass is 32.2. The fourth-order valence-electron chi connectivity index (χ4n) is 2.47. The van der Waals surface area contributed by atoms with Crippen LogP contribution in [0, 0.1) is 5.92 Å². The Kier molecular flexibility index (Phi) is 4.10. The van der Waals surface area contributed by atoms with Crippen molar-refractivity contribution in [3.8, 4) is 0 Å². The second-order valence-electron chi connectivity index (χ2n) is 5.00. The monoisotopic (exact) mass is 290 g/mol. The van der Waals surface area contributed by atoms with E-state index in [1.54, 1.807) is 0 Å². The van der Waals surface area contributed by atoms with Gasteiger partial charge in [0.25, 0.3) is 0 Å². The van der Waals surface area contributed by atoms with Crippen molar-refractivity contribution in [3.05, 3.63) is 0 Å². The van der Waals surface area contributed by atoms with Crippen molar-refractivity contribution in [2.45, 2.75) is 19.3 Å². The second-order valence-corrected chi connectivity index (χ2v) is 7.09. The third kappa shape index (κ3) is 3.24. The second kappa shape index (κ2) is 5.46. The summed E-state index contributed by atoms with van der Waals surface area (Å²) in [5, 5.41) is 8.84. The minimum atomic E-state index is -3.32. The van der Waals surface area contributed by atoms with Crippen LogP contribution in [0.2, 0.25) is 0 Å². The number of nitrogens with zero attached hydrogens (tertiary/aromatic N) is 2. The van der Waals surface area contributed by atoms with Crippen LogP contribution in [0.25, 0.3) is 0 Å². The summed E-state index contributed by atoms with van der Waals surface area (Å²) in [4.78, 5) is 23.7. The van der Waals surface area contributed by atoms with E-state index >= 15 is 0 Å². The molecule has 8 heteroatoms. The van der Waals surface area contributed by atoms with E-state index in [2.05, 4.69) is 0 Å². The molecule has 2 saturated heterocycles. The Labute approximate surface area is 112 Å². The lowest BCUT2D eigenvalue weighted by Gasteiger charge is -2.19. The van der Waals surface area contributed by atoms with Crippen molar-refractivity contribution in [3.63, 3.8) is 0 Å². The summed E-state index contributed by atoms with van der Waals surface area (Å²) in [5.41, 5.74) is 0. The third-order valence-corrected chi connectivity index (χ3v) is 5.49. The molecule has 19 heavy (non-hydrogen) atoms. The van der Waals surface area contributed by atoms with E-state index < -0.39 is 21.9 Å². The summed E-state index contributed by atoms with van der Waals surface area (Å²) in [6.07, 6.45) is 1.73. The fourth-order valence-corrected chi connectivity index (χ4v) is 4.00. The molecule has 0 aromatic rings. The van der Waals surface area contributed by atoms with E-state index in [4.69, 9.17) is 5.11 Å². The molecule has 2 aliphatic heterocycles. The van der Waals surface area contributed by atoms with Gasteiger partial charge in [-0.3, -0.25) is 9.59 Å². The van der Waals surface area contributed by atoms with Crippen molar-refractivity contribution < 1.29 is 23.1 Å². The van der Waals surface area contributed by atoms with Gasteiger partial charge in [-0.05, 0) is 12.8 Å². The SMILES string of the molecule is O=C(O)[C@H]1CC(=O)N(CCS(=O)(=O)N2CCCC2)C1. The molecule has 108 valence electrons. The standard InChI is InChI=1S/C11H18N2O5S/c14-10-7-9(11(15)16)8-12(10)5-6-19(17,18)13-3-1-2-4-13/h9H,1-8H2,(H,15,16)/t9-/m0/s1. The van der Waals surface area contributed by atoms with Crippen molar-refractivity contribution in [1.29, 1.82) is 0 Å². The summed E-state index contributed by atoms with van der Waals surface area (Å²) in [6.45, 7) is 1.30. The Balaban J connectivity index is 1.88. The minimum Gasteiger partial charge on any atom is -0.481 e. The third-order valence-electron chi connectivity index (χ3n) is 3.64. The van der Waals surface area contributed by atoms with Gasteiger partial charge < -0.3 is 10.0 Å². The van der Waals surface area contributed by atoms with Gasteiger partial charge in [-0.25, -0.2) is 12.7 Å². The van der Waals surface area contributed by atoms with Crippen LogP contribution in [-0.4, -0.2) is 66.5 Å². The topological polar surface area (TPSA) is 95.0 Å². The highest BCUT2D eigenvalue weighted by Crippen LogP contribution is 2.19. The smallest absolute Gasteiger partial charge is 0.308 e. The first kappa shape index (κ1) is 14.3. The molecule has 2 fully saturated rings. The van der Waals surface area contributed by atoms with Gasteiger partial charge in [-0.15, -0.1) is 0 Å². The quantitative estimate of drug-likeness (QED) is 0.725. The Morgan fingerprint density at radius 3 is 2.47 bits per heavy atom. The van der Waals surface area contributed by atoms with Gasteiger partial charge in [-0.2, -0.15) is 0 Å². The Hall–Kier alpha value is -1.15. The molecule has 0 radical (unpaired) electrons. The van der Waals surface area contributed by atoms with E-state index in [0.29, 0.717) is 13.1 Å². The molecule has 0 bridgehead atoms. The van der Waals surface area contributed by atoms with E-state index in [1.165, 1.54) is 9.21 Å². The Morgan fingerprint density at radius 1 is 1.32 bits per heavy atom. The summed E-state index contributed by atoms with van der Waals surface area (Å²) in [6, 6.07) is 0. The summed E-state index contributed by atoms with van der Waals surface area (Å²) < 4.78 is 25.4. The maximum Gasteiger partial charge on any atom is 0.308 e. The summed E-state index contributed by atoms with van der Waals surface area (Å²) >= 11 is 0. The van der Waals surface area contributed by atoms with Gasteiger partial charge in [0.1, 0.15) is 0 Å². The largest absolute Gasteiger partial charge is 0.481 e. The van der Waals surface area contributed by atoms with E-state index in [1.807, 2.05) is 0 Å². The van der Waals surface area contributed by atoms with Crippen molar-refractivity contribution in [2.24, 2.45) is 5.92 Å². The molecular formula is C11H18N2O5S. The number of sulfonamides is 1. The normalized spacial score (nSPS) is 25.2. The summed E-state index contributed by atoms with van der Waals surface area (Å²) in [5.74, 6) is -2.10. The van der Waals surface area contributed by atoms with E-state index in [-0.39, 0.29) is 31.2 Å². The predicted octanol–water partition coefficient (Wildman–Crippen LogP) is -0.655. The molecule has 0 spiro atoms. The highest BCUT2D eigenvalue weighted by molar-refractivity contribution is 7.89. The van der Waals surface area contributed by atoms with Crippen LogP contribution in [-0.2, 0) is 19.6 Å². The zero-order chi connectivity index (χ0) is 14.0. The number of rotatable bonds is 5. The summed E-state index contributed by atoms with van der Waals surface area (Å²) in [7, 11) is -3.32. The maximum atomic E-state index is 12.0. The van der Waals surface area contributed by atoms with E-state index in [0.717, 1.165) is 12.8 Å². The zero-order valence-electron chi connectivity index (χ0n) is 10.6. The van der Waals surface area contributed by atoms with Gasteiger partial charge in [-0.1, -0.05) is 0 Å². The molecule has 0 unspecified atom stereocenters. The molecule has 0 aliphatic carbocycles. The molecule has 2 rings (SSSR count). The average Bonchev–Trinajstić information content (AvgIpc) is 2.95. The predicted molar refractivity (Wildman–Crippen MR) is 66.9 cm³/mol. The van der Waals surface area contributed by atoms with Crippen molar-refractivity contribution >= 4 is 21.9 Å². The van der Waals surface area contributed by atoms with Gasteiger partial charge in [0.2, 0.25) is 15.9 Å². The van der Waals surface area contributed by atoms with Crippen LogP contribution in [0.3, 0.4) is 0 Å². The first-order valence-corrected chi connectivity index (χ1v) is 7.99. The molecule has 0 aromatic carbocycles. The number of hydrogen-bond acceptors (Lipinski definition) is 4. The van der Waals surface area contributed by atoms with Gasteiger partial charge in [0.05, 0.1) is 11.7 Å². The van der Waals surface area contributed by atoms with Crippen LogP contribution < -0.4 is 0 Å². The lowest BCUT2D eigenvalue weighted by molar-refractivity contribution is -0.141. The number of carbonyl (C=O) groups excluding carboxylic acids is 1. The lowest BCUT2D eigenvalue weighted by atomic mass is 10.1. The van der Waals surface area contributed by atoms with Gasteiger partial charge in [0.15, 0.2) is 0 Å². The number of likely N-dealkylation sites (tertiary alicyclic amines) is 1. The maximum absolute atomic E-state index is 12.0. The Morgan fingerprint density at radius 2 is 1.95 bits per heavy atom. The first-order valence-electron chi connectivity index (χ1n) is 6.38. The average molecular weight is 290 g/mol. The van der Waals surface area contributed by atoms with Crippen LogP contribution in [0.4, 0.5) is 0 Å². The van der Waals surface area contributed by atoms with Crippen LogP contribution in [0.1, 0.15) is 19.3 Å². The molecule has 1 amide bonds. The molecule has 0 saturated carbocycles. The molecule has 2 aliphatic rings. The fraction of sp³-hybridized carbons (Fsp3) is 0.818. The molecule has 2 heterocycles. The first-order chi connectivity index (χ1) is 8.90. The van der Waals surface area contributed by atoms with Crippen LogP contribution >= 0.6 is 0 Å². The van der Waals surface area contributed by atoms with Gasteiger partial charge >= 0.3 is 5.97 Å². The number of carboxylic acid groups (broad SMARTS) is 1. The number of carbonyl (C=O) groups is 2.